The minimum Gasteiger partial charge on any atom is -0.339 e. The number of nitrogens with zero attached hydrogens (tertiary/aromatic N) is 1. The van der Waals surface area contributed by atoms with Crippen molar-refractivity contribution in [2.75, 3.05) is 13.1 Å². The van der Waals surface area contributed by atoms with Gasteiger partial charge in [0.2, 0.25) is 0 Å². The van der Waals surface area contributed by atoms with Gasteiger partial charge >= 0.3 is 0 Å². The SMILES string of the molecule is O=C(c1ccc(Br)c(F)c1)N1CCC1. The van der Waals surface area contributed by atoms with Crippen molar-refractivity contribution in [3.63, 3.8) is 0 Å². The predicted molar refractivity (Wildman–Crippen MR) is 54.6 cm³/mol. The van der Waals surface area contributed by atoms with E-state index in [2.05, 4.69) is 15.9 Å². The maximum Gasteiger partial charge on any atom is 0.253 e. The predicted octanol–water partition coefficient (Wildman–Crippen LogP) is 2.43. The highest BCUT2D eigenvalue weighted by Gasteiger charge is 2.21. The highest BCUT2D eigenvalue weighted by molar-refractivity contribution is 9.10. The van der Waals surface area contributed by atoms with Crippen molar-refractivity contribution in [2.24, 2.45) is 0 Å². The fraction of sp³-hybridized carbons (Fsp3) is 0.300. The Kier molecular flexibility index (Phi) is 2.54. The van der Waals surface area contributed by atoms with Gasteiger partial charge in [0, 0.05) is 18.7 Å². The zero-order valence-corrected chi connectivity index (χ0v) is 9.05. The number of hydrogen-bond acceptors (Lipinski definition) is 1. The maximum absolute atomic E-state index is 13.1. The highest BCUT2D eigenvalue weighted by atomic mass is 79.9. The fourth-order valence-electron chi connectivity index (χ4n) is 1.33. The van der Waals surface area contributed by atoms with Crippen LogP contribution >= 0.6 is 15.9 Å². The number of halogens is 2. The van der Waals surface area contributed by atoms with Gasteiger partial charge in [-0.05, 0) is 40.5 Å². The van der Waals surface area contributed by atoms with Crippen molar-refractivity contribution in [3.05, 3.63) is 34.1 Å². The van der Waals surface area contributed by atoms with Crippen LogP contribution in [0.4, 0.5) is 4.39 Å². The van der Waals surface area contributed by atoms with Crippen LogP contribution in [0, 0.1) is 5.82 Å². The molecule has 0 N–H and O–H groups in total. The average Bonchev–Trinajstić information content (AvgIpc) is 2.06. The topological polar surface area (TPSA) is 20.3 Å². The molecule has 14 heavy (non-hydrogen) atoms. The van der Waals surface area contributed by atoms with Crippen LogP contribution in [0.3, 0.4) is 0 Å². The Bertz CT molecular complexity index is 376. The Morgan fingerprint density at radius 3 is 2.64 bits per heavy atom. The van der Waals surface area contributed by atoms with E-state index in [9.17, 15) is 9.18 Å². The molecular formula is C10H9BrFNO. The van der Waals surface area contributed by atoms with E-state index in [-0.39, 0.29) is 5.91 Å². The molecular weight excluding hydrogens is 249 g/mol. The number of carbonyl (C=O) groups excluding carboxylic acids is 1. The molecule has 0 bridgehead atoms. The quantitative estimate of drug-likeness (QED) is 0.757. The summed E-state index contributed by atoms with van der Waals surface area (Å²) in [6.07, 6.45) is 1.05. The van der Waals surface area contributed by atoms with Gasteiger partial charge < -0.3 is 4.90 Å². The molecule has 1 aromatic rings. The summed E-state index contributed by atoms with van der Waals surface area (Å²) in [6.45, 7) is 1.58. The van der Waals surface area contributed by atoms with Crippen LogP contribution in [0.1, 0.15) is 16.8 Å². The van der Waals surface area contributed by atoms with Gasteiger partial charge in [-0.3, -0.25) is 4.79 Å². The molecule has 1 saturated heterocycles. The first kappa shape index (κ1) is 9.65. The van der Waals surface area contributed by atoms with E-state index >= 15 is 0 Å². The third-order valence-corrected chi connectivity index (χ3v) is 2.95. The smallest absolute Gasteiger partial charge is 0.253 e. The molecule has 1 aliphatic heterocycles. The zero-order chi connectivity index (χ0) is 10.1. The molecule has 0 radical (unpaired) electrons. The Balaban J connectivity index is 2.23. The van der Waals surface area contributed by atoms with E-state index in [4.69, 9.17) is 0 Å². The number of carbonyl (C=O) groups is 1. The Labute approximate surface area is 89.8 Å². The number of rotatable bonds is 1. The molecule has 2 nitrogen and oxygen atoms in total. The lowest BCUT2D eigenvalue weighted by Gasteiger charge is -2.30. The molecule has 1 aromatic carbocycles. The van der Waals surface area contributed by atoms with Gasteiger partial charge in [0.1, 0.15) is 5.82 Å². The second-order valence-corrected chi connectivity index (χ2v) is 4.13. The van der Waals surface area contributed by atoms with Gasteiger partial charge in [-0.15, -0.1) is 0 Å². The minimum absolute atomic E-state index is 0.0809. The van der Waals surface area contributed by atoms with E-state index in [1.165, 1.54) is 6.07 Å². The Morgan fingerprint density at radius 1 is 1.43 bits per heavy atom. The van der Waals surface area contributed by atoms with Gasteiger partial charge in [0.05, 0.1) is 4.47 Å². The van der Waals surface area contributed by atoms with Crippen LogP contribution in [0.5, 0.6) is 0 Å². The van der Waals surface area contributed by atoms with Crippen LogP contribution in [0.25, 0.3) is 0 Å². The lowest BCUT2D eigenvalue weighted by molar-refractivity contribution is 0.0651. The summed E-state index contributed by atoms with van der Waals surface area (Å²) in [5.41, 5.74) is 0.422. The van der Waals surface area contributed by atoms with Gasteiger partial charge in [-0.2, -0.15) is 0 Å². The number of amides is 1. The first-order chi connectivity index (χ1) is 6.68. The van der Waals surface area contributed by atoms with Crippen molar-refractivity contribution < 1.29 is 9.18 Å². The number of benzene rings is 1. The molecule has 0 spiro atoms. The molecule has 4 heteroatoms. The molecule has 0 aromatic heterocycles. The molecule has 1 heterocycles. The highest BCUT2D eigenvalue weighted by Crippen LogP contribution is 2.19. The Morgan fingerprint density at radius 2 is 2.14 bits per heavy atom. The summed E-state index contributed by atoms with van der Waals surface area (Å²) in [5.74, 6) is -0.473. The Hall–Kier alpha value is -0.900. The lowest BCUT2D eigenvalue weighted by atomic mass is 10.1. The van der Waals surface area contributed by atoms with Crippen LogP contribution in [0.2, 0.25) is 0 Å². The maximum atomic E-state index is 13.1. The van der Waals surface area contributed by atoms with Gasteiger partial charge in [-0.25, -0.2) is 4.39 Å². The summed E-state index contributed by atoms with van der Waals surface area (Å²) in [5, 5.41) is 0. The van der Waals surface area contributed by atoms with Gasteiger partial charge in [0.25, 0.3) is 5.91 Å². The van der Waals surface area contributed by atoms with Gasteiger partial charge in [0.15, 0.2) is 0 Å². The van der Waals surface area contributed by atoms with Crippen LogP contribution in [0.15, 0.2) is 22.7 Å². The van der Waals surface area contributed by atoms with Crippen molar-refractivity contribution in [1.29, 1.82) is 0 Å². The lowest BCUT2D eigenvalue weighted by Crippen LogP contribution is -2.42. The molecule has 2 rings (SSSR count). The summed E-state index contributed by atoms with van der Waals surface area (Å²) in [7, 11) is 0. The molecule has 0 saturated carbocycles. The number of likely N-dealkylation sites (tertiary alicyclic amines) is 1. The van der Waals surface area contributed by atoms with Crippen LogP contribution in [-0.4, -0.2) is 23.9 Å². The van der Waals surface area contributed by atoms with Crippen molar-refractivity contribution in [1.82, 2.24) is 4.90 Å². The molecule has 0 aliphatic carbocycles. The van der Waals surface area contributed by atoms with E-state index in [1.54, 1.807) is 17.0 Å². The van der Waals surface area contributed by atoms with E-state index in [0.717, 1.165) is 19.5 Å². The normalized spacial score (nSPS) is 15.1. The molecule has 0 atom stereocenters. The van der Waals surface area contributed by atoms with Crippen LogP contribution in [-0.2, 0) is 0 Å². The summed E-state index contributed by atoms with van der Waals surface area (Å²) in [6, 6.07) is 4.46. The minimum atomic E-state index is -0.392. The third kappa shape index (κ3) is 1.66. The summed E-state index contributed by atoms with van der Waals surface area (Å²) < 4.78 is 13.5. The van der Waals surface area contributed by atoms with Gasteiger partial charge in [-0.1, -0.05) is 0 Å². The molecule has 1 aliphatic rings. The summed E-state index contributed by atoms with van der Waals surface area (Å²) >= 11 is 3.05. The average molecular weight is 258 g/mol. The second kappa shape index (κ2) is 3.69. The molecule has 74 valence electrons. The third-order valence-electron chi connectivity index (χ3n) is 2.31. The van der Waals surface area contributed by atoms with E-state index in [1.807, 2.05) is 0 Å². The largest absolute Gasteiger partial charge is 0.339 e. The summed E-state index contributed by atoms with van der Waals surface area (Å²) in [4.78, 5) is 13.3. The van der Waals surface area contributed by atoms with Crippen molar-refractivity contribution >= 4 is 21.8 Å². The van der Waals surface area contributed by atoms with Crippen molar-refractivity contribution in [2.45, 2.75) is 6.42 Å². The molecule has 1 fully saturated rings. The van der Waals surface area contributed by atoms with Crippen LogP contribution < -0.4 is 0 Å². The number of hydrogen-bond donors (Lipinski definition) is 0. The standard InChI is InChI=1S/C10H9BrFNO/c11-8-3-2-7(6-9(8)12)10(14)13-4-1-5-13/h2-3,6H,1,4-5H2. The van der Waals surface area contributed by atoms with E-state index < -0.39 is 5.82 Å². The first-order valence-electron chi connectivity index (χ1n) is 4.43. The second-order valence-electron chi connectivity index (χ2n) is 3.27. The van der Waals surface area contributed by atoms with E-state index in [0.29, 0.717) is 10.0 Å². The fourth-order valence-corrected chi connectivity index (χ4v) is 1.58. The molecule has 1 amide bonds. The first-order valence-corrected chi connectivity index (χ1v) is 5.22. The zero-order valence-electron chi connectivity index (χ0n) is 7.46. The molecule has 0 unspecified atom stereocenters. The van der Waals surface area contributed by atoms with Crippen molar-refractivity contribution in [3.8, 4) is 0 Å². The monoisotopic (exact) mass is 257 g/mol.